The Kier molecular flexibility index (Phi) is 5.52. The van der Waals surface area contributed by atoms with E-state index in [1.165, 1.54) is 0 Å². The van der Waals surface area contributed by atoms with Crippen LogP contribution in [0.2, 0.25) is 0 Å². The minimum absolute atomic E-state index is 0.0747. The molecule has 0 aliphatic carbocycles. The molecule has 0 unspecified atom stereocenters. The van der Waals surface area contributed by atoms with E-state index >= 15 is 0 Å². The standard InChI is InChI=1S/C18H21N5O2/c19-11-14-4-6-16(7-5-14)25-10-8-20-18(24)23-9-2-1-3-17(23)15-12-21-22-13-15/h4-7,12-13,17H,1-3,8-10H2,(H,20,24)(H,21,22)/t17-/m1/s1. The lowest BCUT2D eigenvalue weighted by Crippen LogP contribution is -2.45. The summed E-state index contributed by atoms with van der Waals surface area (Å²) in [5, 5.41) is 18.5. The van der Waals surface area contributed by atoms with E-state index in [2.05, 4.69) is 21.6 Å². The summed E-state index contributed by atoms with van der Waals surface area (Å²) in [5.74, 6) is 0.683. The van der Waals surface area contributed by atoms with Gasteiger partial charge in [0.05, 0.1) is 30.4 Å². The molecular formula is C18H21N5O2. The third kappa shape index (κ3) is 4.29. The van der Waals surface area contributed by atoms with E-state index in [-0.39, 0.29) is 12.1 Å². The minimum atomic E-state index is -0.0747. The lowest BCUT2D eigenvalue weighted by Gasteiger charge is -2.35. The van der Waals surface area contributed by atoms with Gasteiger partial charge in [-0.3, -0.25) is 5.10 Å². The van der Waals surface area contributed by atoms with Crippen LogP contribution in [0, 0.1) is 11.3 Å². The van der Waals surface area contributed by atoms with E-state index in [1.54, 1.807) is 30.5 Å². The summed E-state index contributed by atoms with van der Waals surface area (Å²) in [6.07, 6.45) is 6.72. The molecule has 2 heterocycles. The number of piperidine rings is 1. The Hall–Kier alpha value is -3.01. The fourth-order valence-corrected chi connectivity index (χ4v) is 3.02. The average molecular weight is 339 g/mol. The van der Waals surface area contributed by atoms with Gasteiger partial charge >= 0.3 is 6.03 Å². The first kappa shape index (κ1) is 16.8. The molecule has 2 N–H and O–H groups in total. The van der Waals surface area contributed by atoms with Crippen molar-refractivity contribution in [3.05, 3.63) is 47.8 Å². The van der Waals surface area contributed by atoms with E-state index in [0.29, 0.717) is 24.5 Å². The molecule has 25 heavy (non-hydrogen) atoms. The second-order valence-corrected chi connectivity index (χ2v) is 5.95. The van der Waals surface area contributed by atoms with Gasteiger partial charge < -0.3 is 15.0 Å². The van der Waals surface area contributed by atoms with Crippen molar-refractivity contribution in [2.45, 2.75) is 25.3 Å². The van der Waals surface area contributed by atoms with Gasteiger partial charge in [0, 0.05) is 18.3 Å². The number of nitrogens with zero attached hydrogens (tertiary/aromatic N) is 3. The number of nitriles is 1. The molecule has 1 atom stereocenters. The van der Waals surface area contributed by atoms with Gasteiger partial charge in [-0.1, -0.05) is 0 Å². The summed E-state index contributed by atoms with van der Waals surface area (Å²) in [6.45, 7) is 1.55. The van der Waals surface area contributed by atoms with E-state index in [0.717, 1.165) is 31.4 Å². The number of likely N-dealkylation sites (tertiary alicyclic amines) is 1. The quantitative estimate of drug-likeness (QED) is 0.819. The van der Waals surface area contributed by atoms with Crippen molar-refractivity contribution in [2.24, 2.45) is 0 Å². The molecule has 1 aliphatic heterocycles. The maximum atomic E-state index is 12.5. The smallest absolute Gasteiger partial charge is 0.318 e. The summed E-state index contributed by atoms with van der Waals surface area (Å²) >= 11 is 0. The highest BCUT2D eigenvalue weighted by molar-refractivity contribution is 5.74. The molecule has 7 heteroatoms. The Balaban J connectivity index is 1.47. The average Bonchev–Trinajstić information content (AvgIpc) is 3.20. The van der Waals surface area contributed by atoms with Crippen LogP contribution in [0.1, 0.15) is 36.4 Å². The Morgan fingerprint density at radius 1 is 1.40 bits per heavy atom. The molecule has 1 aliphatic rings. The fraction of sp³-hybridized carbons (Fsp3) is 0.389. The van der Waals surface area contributed by atoms with Crippen LogP contribution in [0.3, 0.4) is 0 Å². The van der Waals surface area contributed by atoms with Crippen molar-refractivity contribution < 1.29 is 9.53 Å². The van der Waals surface area contributed by atoms with Crippen LogP contribution in [0.25, 0.3) is 0 Å². The Bertz CT molecular complexity index is 721. The Labute approximate surface area is 146 Å². The molecule has 1 aromatic heterocycles. The van der Waals surface area contributed by atoms with E-state index in [1.807, 2.05) is 11.1 Å². The fourth-order valence-electron chi connectivity index (χ4n) is 3.02. The number of hydrogen-bond donors (Lipinski definition) is 2. The maximum Gasteiger partial charge on any atom is 0.318 e. The summed E-state index contributed by atoms with van der Waals surface area (Å²) in [4.78, 5) is 14.4. The monoisotopic (exact) mass is 339 g/mol. The van der Waals surface area contributed by atoms with Crippen LogP contribution in [-0.4, -0.2) is 40.8 Å². The molecule has 0 bridgehead atoms. The number of carbonyl (C=O) groups is 1. The zero-order valence-corrected chi connectivity index (χ0v) is 13.9. The molecule has 3 rings (SSSR count). The van der Waals surface area contributed by atoms with Gasteiger partial charge in [-0.2, -0.15) is 10.4 Å². The first-order valence-electron chi connectivity index (χ1n) is 8.44. The van der Waals surface area contributed by atoms with Crippen molar-refractivity contribution in [2.75, 3.05) is 19.7 Å². The first-order chi connectivity index (χ1) is 12.3. The topological polar surface area (TPSA) is 94.0 Å². The third-order valence-corrected chi connectivity index (χ3v) is 4.30. The van der Waals surface area contributed by atoms with Crippen molar-refractivity contribution in [1.82, 2.24) is 20.4 Å². The van der Waals surface area contributed by atoms with Gasteiger partial charge in [0.15, 0.2) is 0 Å². The predicted molar refractivity (Wildman–Crippen MR) is 91.9 cm³/mol. The summed E-state index contributed by atoms with van der Waals surface area (Å²) in [7, 11) is 0. The molecule has 1 saturated heterocycles. The summed E-state index contributed by atoms with van der Waals surface area (Å²) in [6, 6.07) is 8.98. The SMILES string of the molecule is N#Cc1ccc(OCCNC(=O)N2CCCC[C@@H]2c2cn[nH]c2)cc1. The second-order valence-electron chi connectivity index (χ2n) is 5.95. The highest BCUT2D eigenvalue weighted by atomic mass is 16.5. The number of aromatic nitrogens is 2. The number of urea groups is 1. The predicted octanol–water partition coefficient (Wildman–Crippen LogP) is 2.60. The third-order valence-electron chi connectivity index (χ3n) is 4.30. The minimum Gasteiger partial charge on any atom is -0.492 e. The highest BCUT2D eigenvalue weighted by Gasteiger charge is 2.28. The highest BCUT2D eigenvalue weighted by Crippen LogP contribution is 2.30. The summed E-state index contributed by atoms with van der Waals surface area (Å²) < 4.78 is 5.58. The Morgan fingerprint density at radius 3 is 2.96 bits per heavy atom. The largest absolute Gasteiger partial charge is 0.492 e. The van der Waals surface area contributed by atoms with Crippen molar-refractivity contribution in [3.63, 3.8) is 0 Å². The molecular weight excluding hydrogens is 318 g/mol. The van der Waals surface area contributed by atoms with E-state index < -0.39 is 0 Å². The van der Waals surface area contributed by atoms with Crippen LogP contribution in [0.15, 0.2) is 36.7 Å². The number of aromatic amines is 1. The van der Waals surface area contributed by atoms with Crippen LogP contribution < -0.4 is 10.1 Å². The van der Waals surface area contributed by atoms with Gasteiger partial charge in [-0.25, -0.2) is 4.79 Å². The number of carbonyl (C=O) groups excluding carboxylic acids is 1. The van der Waals surface area contributed by atoms with E-state index in [9.17, 15) is 4.79 Å². The molecule has 0 radical (unpaired) electrons. The van der Waals surface area contributed by atoms with Crippen LogP contribution in [0.4, 0.5) is 4.79 Å². The van der Waals surface area contributed by atoms with Crippen LogP contribution in [0.5, 0.6) is 5.75 Å². The lowest BCUT2D eigenvalue weighted by molar-refractivity contribution is 0.150. The zero-order chi connectivity index (χ0) is 17.5. The van der Waals surface area contributed by atoms with Crippen molar-refractivity contribution in [1.29, 1.82) is 5.26 Å². The lowest BCUT2D eigenvalue weighted by atomic mass is 9.98. The maximum absolute atomic E-state index is 12.5. The normalized spacial score (nSPS) is 16.9. The second kappa shape index (κ2) is 8.20. The number of benzene rings is 1. The first-order valence-corrected chi connectivity index (χ1v) is 8.44. The summed E-state index contributed by atoms with van der Waals surface area (Å²) in [5.41, 5.74) is 1.64. The van der Waals surface area contributed by atoms with Crippen LogP contribution in [-0.2, 0) is 0 Å². The molecule has 7 nitrogen and oxygen atoms in total. The zero-order valence-electron chi connectivity index (χ0n) is 13.9. The molecule has 2 amide bonds. The van der Waals surface area contributed by atoms with Gasteiger partial charge in [-0.05, 0) is 43.5 Å². The number of hydrogen-bond acceptors (Lipinski definition) is 4. The van der Waals surface area contributed by atoms with Crippen molar-refractivity contribution in [3.8, 4) is 11.8 Å². The van der Waals surface area contributed by atoms with Crippen LogP contribution >= 0.6 is 0 Å². The number of ether oxygens (including phenoxy) is 1. The molecule has 0 spiro atoms. The van der Waals surface area contributed by atoms with E-state index in [4.69, 9.17) is 10.00 Å². The van der Waals surface area contributed by atoms with Gasteiger partial charge in [0.2, 0.25) is 0 Å². The molecule has 130 valence electrons. The Morgan fingerprint density at radius 2 is 2.24 bits per heavy atom. The molecule has 1 aromatic carbocycles. The number of amides is 2. The molecule has 1 fully saturated rings. The number of H-pyrrole nitrogens is 1. The van der Waals surface area contributed by atoms with Gasteiger partial charge in [0.1, 0.15) is 12.4 Å². The number of nitrogens with one attached hydrogen (secondary N) is 2. The van der Waals surface area contributed by atoms with Gasteiger partial charge in [0.25, 0.3) is 0 Å². The van der Waals surface area contributed by atoms with Crippen molar-refractivity contribution >= 4 is 6.03 Å². The molecule has 0 saturated carbocycles. The van der Waals surface area contributed by atoms with Gasteiger partial charge in [-0.15, -0.1) is 0 Å². The molecule has 2 aromatic rings. The number of rotatable bonds is 5.